The Hall–Kier alpha value is -2.41. The predicted octanol–water partition coefficient (Wildman–Crippen LogP) is 14.2. The Labute approximate surface area is 425 Å². The number of esters is 1. The lowest BCUT2D eigenvalue weighted by atomic mass is 10.1. The SMILES string of the molecule is CC/C=C\CCCCOC(CCC(=O)OCC(COC)CN(CCCN(C)C)C(=O)CCCCCCC)OCCCC/C=C\CC.CC/C=C\CCCCOC(CCC=O)OCCCCCCCC. The quantitative estimate of drug-likeness (QED) is 0.0192. The van der Waals surface area contributed by atoms with E-state index in [0.29, 0.717) is 58.6 Å². The molecule has 11 nitrogen and oxygen atoms in total. The van der Waals surface area contributed by atoms with Crippen LogP contribution in [0.5, 0.6) is 0 Å². The second-order valence-corrected chi connectivity index (χ2v) is 18.7. The van der Waals surface area contributed by atoms with Crippen molar-refractivity contribution in [2.24, 2.45) is 5.92 Å². The lowest BCUT2D eigenvalue weighted by Gasteiger charge is -2.28. The zero-order valence-electron chi connectivity index (χ0n) is 46.2. The van der Waals surface area contributed by atoms with Gasteiger partial charge in [0.05, 0.1) is 19.6 Å². The summed E-state index contributed by atoms with van der Waals surface area (Å²) in [6.45, 7) is 16.4. The summed E-state index contributed by atoms with van der Waals surface area (Å²) >= 11 is 0. The average molecular weight is 980 g/mol. The molecule has 0 N–H and O–H groups in total. The molecule has 69 heavy (non-hydrogen) atoms. The first kappa shape index (κ1) is 68.7. The molecule has 0 aromatic carbocycles. The summed E-state index contributed by atoms with van der Waals surface area (Å²) in [5.41, 5.74) is 0. The number of allylic oxidation sites excluding steroid dienone is 6. The molecule has 0 saturated carbocycles. The van der Waals surface area contributed by atoms with E-state index in [2.05, 4.69) is 76.0 Å². The van der Waals surface area contributed by atoms with Crippen LogP contribution in [0.25, 0.3) is 0 Å². The highest BCUT2D eigenvalue weighted by Crippen LogP contribution is 2.14. The maximum atomic E-state index is 13.2. The molecule has 0 aromatic heterocycles. The topological polar surface area (TPSA) is 113 Å². The fourth-order valence-corrected chi connectivity index (χ4v) is 7.47. The van der Waals surface area contributed by atoms with Gasteiger partial charge in [-0.05, 0) is 117 Å². The third-order valence-corrected chi connectivity index (χ3v) is 11.6. The lowest BCUT2D eigenvalue weighted by molar-refractivity contribution is -0.160. The predicted molar refractivity (Wildman–Crippen MR) is 289 cm³/mol. The van der Waals surface area contributed by atoms with E-state index in [4.69, 9.17) is 28.4 Å². The maximum absolute atomic E-state index is 13.2. The molecule has 2 atom stereocenters. The number of methoxy groups -OCH3 is 1. The molecule has 0 aliphatic rings. The van der Waals surface area contributed by atoms with Crippen LogP contribution in [0.3, 0.4) is 0 Å². The van der Waals surface area contributed by atoms with Gasteiger partial charge in [-0.2, -0.15) is 0 Å². The van der Waals surface area contributed by atoms with Gasteiger partial charge < -0.3 is 43.0 Å². The molecule has 0 aromatic rings. The van der Waals surface area contributed by atoms with E-state index < -0.39 is 6.29 Å². The van der Waals surface area contributed by atoms with Crippen molar-refractivity contribution in [3.05, 3.63) is 36.5 Å². The van der Waals surface area contributed by atoms with Gasteiger partial charge in [0.25, 0.3) is 0 Å². The molecule has 0 heterocycles. The van der Waals surface area contributed by atoms with E-state index in [1.54, 1.807) is 7.11 Å². The van der Waals surface area contributed by atoms with Gasteiger partial charge in [-0.25, -0.2) is 0 Å². The van der Waals surface area contributed by atoms with Crippen LogP contribution in [0.2, 0.25) is 0 Å². The minimum atomic E-state index is -0.415. The van der Waals surface area contributed by atoms with Crippen LogP contribution >= 0.6 is 0 Å². The molecule has 0 spiro atoms. The Balaban J connectivity index is 0. The number of nitrogens with zero attached hydrogens (tertiary/aromatic N) is 2. The smallest absolute Gasteiger partial charge is 0.305 e. The first-order chi connectivity index (χ1) is 33.7. The number of hydrogen-bond acceptors (Lipinski definition) is 10. The van der Waals surface area contributed by atoms with E-state index in [1.165, 1.54) is 51.4 Å². The maximum Gasteiger partial charge on any atom is 0.305 e. The summed E-state index contributed by atoms with van der Waals surface area (Å²) in [4.78, 5) is 40.6. The van der Waals surface area contributed by atoms with Crippen LogP contribution in [-0.2, 0) is 42.8 Å². The first-order valence-electron chi connectivity index (χ1n) is 28.1. The standard InChI is InChI=1S/C38H72N2O6.C20H38O3/c1-7-10-13-16-19-22-30-44-38(45-31-23-20-17-14-11-8-2)27-26-37(42)46-34-35(33-43-6)32-40(29-24-28-39(4)5)36(41)25-21-18-15-12-9-3;1-3-5-7-9-11-13-18-22-20(16-15-17-21)23-19-14-12-10-8-6-4-2/h10-11,13-14,35,38H,7-9,12,15-34H2,1-6H3;5,7,17,20H,3-4,6,8-16,18-19H2,1-2H3/b13-10-,14-11-;7-5-. The summed E-state index contributed by atoms with van der Waals surface area (Å²) in [5.74, 6) is -0.166. The molecule has 11 heteroatoms. The van der Waals surface area contributed by atoms with Gasteiger partial charge >= 0.3 is 5.97 Å². The number of carbonyl (C=O) groups excluding carboxylic acids is 3. The van der Waals surface area contributed by atoms with Gasteiger partial charge in [0.15, 0.2) is 12.6 Å². The van der Waals surface area contributed by atoms with Crippen molar-refractivity contribution in [3.63, 3.8) is 0 Å². The minimum absolute atomic E-state index is 0.0795. The van der Waals surface area contributed by atoms with Crippen molar-refractivity contribution in [1.82, 2.24) is 9.80 Å². The van der Waals surface area contributed by atoms with Crippen molar-refractivity contribution in [1.29, 1.82) is 0 Å². The van der Waals surface area contributed by atoms with Crippen molar-refractivity contribution in [2.75, 3.05) is 80.5 Å². The van der Waals surface area contributed by atoms with E-state index in [0.717, 1.165) is 129 Å². The third-order valence-electron chi connectivity index (χ3n) is 11.6. The van der Waals surface area contributed by atoms with Crippen molar-refractivity contribution in [2.45, 2.75) is 233 Å². The fourth-order valence-electron chi connectivity index (χ4n) is 7.47. The Morgan fingerprint density at radius 2 is 0.957 bits per heavy atom. The fraction of sp³-hybridized carbons (Fsp3) is 0.845. The van der Waals surface area contributed by atoms with Crippen molar-refractivity contribution < 1.29 is 42.8 Å². The Bertz CT molecular complexity index is 1160. The van der Waals surface area contributed by atoms with Crippen LogP contribution in [0.1, 0.15) is 221 Å². The van der Waals surface area contributed by atoms with Crippen LogP contribution in [0, 0.1) is 5.92 Å². The summed E-state index contributed by atoms with van der Waals surface area (Å²) in [6, 6.07) is 0. The first-order valence-corrected chi connectivity index (χ1v) is 28.1. The summed E-state index contributed by atoms with van der Waals surface area (Å²) in [5, 5.41) is 0. The second-order valence-electron chi connectivity index (χ2n) is 18.7. The number of amides is 1. The van der Waals surface area contributed by atoms with E-state index in [1.807, 2.05) is 19.0 Å². The van der Waals surface area contributed by atoms with E-state index >= 15 is 0 Å². The zero-order valence-corrected chi connectivity index (χ0v) is 46.2. The second kappa shape index (κ2) is 56.5. The molecule has 2 unspecified atom stereocenters. The number of rotatable bonds is 51. The van der Waals surface area contributed by atoms with Gasteiger partial charge in [0.1, 0.15) is 6.29 Å². The molecular weight excluding hydrogens is 869 g/mol. The molecule has 0 aliphatic carbocycles. The number of ether oxygens (including phenoxy) is 6. The van der Waals surface area contributed by atoms with Gasteiger partial charge in [-0.1, -0.05) is 129 Å². The molecule has 1 amide bonds. The largest absolute Gasteiger partial charge is 0.465 e. The lowest BCUT2D eigenvalue weighted by Crippen LogP contribution is -2.39. The zero-order chi connectivity index (χ0) is 51.1. The number of hydrogen-bond donors (Lipinski definition) is 0. The minimum Gasteiger partial charge on any atom is -0.465 e. The third kappa shape index (κ3) is 51.8. The molecule has 0 bridgehead atoms. The van der Waals surface area contributed by atoms with Crippen molar-refractivity contribution in [3.8, 4) is 0 Å². The van der Waals surface area contributed by atoms with Crippen LogP contribution in [0.15, 0.2) is 36.5 Å². The number of unbranched alkanes of at least 4 members (excludes halogenated alkanes) is 15. The normalized spacial score (nSPS) is 12.7. The van der Waals surface area contributed by atoms with E-state index in [9.17, 15) is 14.4 Å². The van der Waals surface area contributed by atoms with Crippen LogP contribution in [-0.4, -0.2) is 121 Å². The monoisotopic (exact) mass is 979 g/mol. The molecule has 0 aliphatic heterocycles. The molecule has 0 radical (unpaired) electrons. The van der Waals surface area contributed by atoms with Gasteiger partial charge in [0, 0.05) is 78.2 Å². The molecule has 406 valence electrons. The van der Waals surface area contributed by atoms with Crippen LogP contribution in [0.4, 0.5) is 0 Å². The highest BCUT2D eigenvalue weighted by molar-refractivity contribution is 5.76. The van der Waals surface area contributed by atoms with Crippen LogP contribution < -0.4 is 0 Å². The highest BCUT2D eigenvalue weighted by Gasteiger charge is 2.21. The molecule has 0 fully saturated rings. The van der Waals surface area contributed by atoms with Gasteiger partial charge in [-0.3, -0.25) is 9.59 Å². The van der Waals surface area contributed by atoms with Gasteiger partial charge in [0.2, 0.25) is 5.91 Å². The van der Waals surface area contributed by atoms with Crippen molar-refractivity contribution >= 4 is 18.2 Å². The molecular formula is C58H110N2O9. The molecule has 0 saturated heterocycles. The van der Waals surface area contributed by atoms with E-state index in [-0.39, 0.29) is 37.1 Å². The average Bonchev–Trinajstić information content (AvgIpc) is 3.34. The number of aldehydes is 1. The summed E-state index contributed by atoms with van der Waals surface area (Å²) in [7, 11) is 5.75. The summed E-state index contributed by atoms with van der Waals surface area (Å²) < 4.78 is 34.9. The summed E-state index contributed by atoms with van der Waals surface area (Å²) in [6.07, 6.45) is 42.8. The number of carbonyl (C=O) groups is 3. The van der Waals surface area contributed by atoms with Gasteiger partial charge in [-0.15, -0.1) is 0 Å². The Morgan fingerprint density at radius 3 is 1.42 bits per heavy atom. The molecule has 0 rings (SSSR count). The Morgan fingerprint density at radius 1 is 0.493 bits per heavy atom. The highest BCUT2D eigenvalue weighted by atomic mass is 16.7. The Kier molecular flexibility index (Phi) is 56.2.